The molecule has 2 unspecified atom stereocenters. The topological polar surface area (TPSA) is 33.1 Å². The number of nitrogens with one attached hydrogen (secondary N) is 1. The summed E-state index contributed by atoms with van der Waals surface area (Å²) in [6, 6.07) is 0.640. The maximum Gasteiger partial charge on any atom is 0.0945 e. The number of rotatable bonds is 6. The molecule has 4 heteroatoms. The van der Waals surface area contributed by atoms with Crippen LogP contribution in [-0.4, -0.2) is 45.7 Å². The quantitative estimate of drug-likeness (QED) is 0.867. The highest BCUT2D eigenvalue weighted by Gasteiger charge is 2.34. The molecule has 2 atom stereocenters. The number of aryl methyl sites for hydroxylation is 1. The zero-order valence-electron chi connectivity index (χ0n) is 13.5. The summed E-state index contributed by atoms with van der Waals surface area (Å²) in [5, 5.41) is 3.74. The number of nitrogens with zero attached hydrogens (tertiary/aromatic N) is 3. The van der Waals surface area contributed by atoms with Crippen molar-refractivity contribution in [2.24, 2.45) is 5.92 Å². The molecule has 1 aromatic rings. The zero-order chi connectivity index (χ0) is 14.6. The Morgan fingerprint density at radius 2 is 2.20 bits per heavy atom. The van der Waals surface area contributed by atoms with Crippen LogP contribution in [0.2, 0.25) is 0 Å². The summed E-state index contributed by atoms with van der Waals surface area (Å²) in [5.74, 6) is 0.752. The van der Waals surface area contributed by atoms with Crippen LogP contribution in [0, 0.1) is 5.92 Å². The average Bonchev–Trinajstić information content (AvgIpc) is 2.93. The second kappa shape index (κ2) is 6.72. The minimum absolute atomic E-state index is 0.263. The lowest BCUT2D eigenvalue weighted by Crippen LogP contribution is -2.63. The molecule has 1 aliphatic rings. The minimum Gasteiger partial charge on any atom is -0.337 e. The van der Waals surface area contributed by atoms with Crippen LogP contribution < -0.4 is 5.32 Å². The molecule has 20 heavy (non-hydrogen) atoms. The Morgan fingerprint density at radius 1 is 1.40 bits per heavy atom. The van der Waals surface area contributed by atoms with E-state index in [9.17, 15) is 0 Å². The van der Waals surface area contributed by atoms with Gasteiger partial charge in [0.05, 0.1) is 6.33 Å². The molecule has 114 valence electrons. The molecule has 4 nitrogen and oxygen atoms in total. The van der Waals surface area contributed by atoms with Crippen LogP contribution in [0.4, 0.5) is 0 Å². The van der Waals surface area contributed by atoms with E-state index in [-0.39, 0.29) is 5.54 Å². The lowest BCUT2D eigenvalue weighted by atomic mass is 9.90. The van der Waals surface area contributed by atoms with Gasteiger partial charge in [0.15, 0.2) is 0 Å². The Balaban J connectivity index is 1.85. The van der Waals surface area contributed by atoms with E-state index in [1.807, 2.05) is 18.7 Å². The van der Waals surface area contributed by atoms with Crippen molar-refractivity contribution in [2.45, 2.75) is 58.7 Å². The summed E-state index contributed by atoms with van der Waals surface area (Å²) in [7, 11) is 0. The van der Waals surface area contributed by atoms with Crippen molar-refractivity contribution in [3.8, 4) is 0 Å². The Morgan fingerprint density at radius 3 is 2.85 bits per heavy atom. The summed E-state index contributed by atoms with van der Waals surface area (Å²) in [6.07, 6.45) is 8.25. The summed E-state index contributed by atoms with van der Waals surface area (Å²) in [4.78, 5) is 6.77. The molecule has 0 spiro atoms. The number of piperazine rings is 1. The molecule has 0 aliphatic carbocycles. The molecule has 1 N–H and O–H groups in total. The highest BCUT2D eigenvalue weighted by atomic mass is 15.3. The molecule has 0 amide bonds. The van der Waals surface area contributed by atoms with E-state index < -0.39 is 0 Å². The first-order chi connectivity index (χ1) is 9.53. The van der Waals surface area contributed by atoms with Crippen LogP contribution in [0.15, 0.2) is 18.7 Å². The van der Waals surface area contributed by atoms with E-state index in [4.69, 9.17) is 0 Å². The van der Waals surface area contributed by atoms with Gasteiger partial charge < -0.3 is 9.88 Å². The Labute approximate surface area is 123 Å². The molecule has 2 heterocycles. The Hall–Kier alpha value is -0.870. The van der Waals surface area contributed by atoms with Gasteiger partial charge in [-0.2, -0.15) is 0 Å². The van der Waals surface area contributed by atoms with Crippen molar-refractivity contribution in [2.75, 3.05) is 19.6 Å². The number of hydrogen-bond donors (Lipinski definition) is 1. The van der Waals surface area contributed by atoms with Crippen LogP contribution in [-0.2, 0) is 6.54 Å². The van der Waals surface area contributed by atoms with Crippen LogP contribution in [0.5, 0.6) is 0 Å². The van der Waals surface area contributed by atoms with Crippen molar-refractivity contribution in [1.82, 2.24) is 19.8 Å². The first-order valence-corrected chi connectivity index (χ1v) is 7.97. The third-order valence-electron chi connectivity index (χ3n) is 4.80. The van der Waals surface area contributed by atoms with Gasteiger partial charge in [-0.05, 0) is 26.2 Å². The molecular formula is C16H30N4. The van der Waals surface area contributed by atoms with Gasteiger partial charge in [-0.25, -0.2) is 4.98 Å². The molecule has 2 rings (SSSR count). The van der Waals surface area contributed by atoms with Crippen molar-refractivity contribution in [3.63, 3.8) is 0 Å². The number of aromatic nitrogens is 2. The summed E-state index contributed by atoms with van der Waals surface area (Å²) >= 11 is 0. The molecule has 0 bridgehead atoms. The predicted molar refractivity (Wildman–Crippen MR) is 83.7 cm³/mol. The lowest BCUT2D eigenvalue weighted by molar-refractivity contribution is 0.0500. The third kappa shape index (κ3) is 3.83. The highest BCUT2D eigenvalue weighted by molar-refractivity contribution is 4.94. The molecule has 0 aromatic carbocycles. The van der Waals surface area contributed by atoms with Crippen molar-refractivity contribution in [3.05, 3.63) is 18.7 Å². The normalized spacial score (nSPS) is 24.7. The number of hydrogen-bond acceptors (Lipinski definition) is 3. The number of imidazole rings is 1. The lowest BCUT2D eigenvalue weighted by Gasteiger charge is -2.47. The summed E-state index contributed by atoms with van der Waals surface area (Å²) < 4.78 is 2.17. The summed E-state index contributed by atoms with van der Waals surface area (Å²) in [5.41, 5.74) is 0.263. The molecule has 1 aliphatic heterocycles. The van der Waals surface area contributed by atoms with Gasteiger partial charge in [0.2, 0.25) is 0 Å². The van der Waals surface area contributed by atoms with Crippen LogP contribution in [0.1, 0.15) is 40.5 Å². The van der Waals surface area contributed by atoms with E-state index in [0.717, 1.165) is 19.0 Å². The fraction of sp³-hybridized carbons (Fsp3) is 0.812. The van der Waals surface area contributed by atoms with Crippen LogP contribution >= 0.6 is 0 Å². The minimum atomic E-state index is 0.263. The van der Waals surface area contributed by atoms with E-state index in [2.05, 4.69) is 47.5 Å². The van der Waals surface area contributed by atoms with Gasteiger partial charge in [0.1, 0.15) is 0 Å². The standard InChI is InChI=1S/C16H30N4/c1-5-14(2)15-11-20(16(3,4)12-18-15)9-6-8-19-10-7-17-13-19/h7,10,13-15,18H,5-6,8-9,11-12H2,1-4H3. The third-order valence-corrected chi connectivity index (χ3v) is 4.80. The van der Waals surface area contributed by atoms with Gasteiger partial charge in [-0.15, -0.1) is 0 Å². The smallest absolute Gasteiger partial charge is 0.0945 e. The van der Waals surface area contributed by atoms with Crippen LogP contribution in [0.25, 0.3) is 0 Å². The van der Waals surface area contributed by atoms with Gasteiger partial charge in [-0.3, -0.25) is 4.90 Å². The van der Waals surface area contributed by atoms with E-state index in [1.54, 1.807) is 0 Å². The highest BCUT2D eigenvalue weighted by Crippen LogP contribution is 2.22. The molecule has 0 saturated carbocycles. The molecular weight excluding hydrogens is 248 g/mol. The van der Waals surface area contributed by atoms with Crippen molar-refractivity contribution in [1.29, 1.82) is 0 Å². The molecule has 1 aromatic heterocycles. The average molecular weight is 278 g/mol. The summed E-state index contributed by atoms with van der Waals surface area (Å²) in [6.45, 7) is 13.8. The fourth-order valence-electron chi connectivity index (χ4n) is 2.96. The van der Waals surface area contributed by atoms with Gasteiger partial charge in [-0.1, -0.05) is 20.3 Å². The van der Waals surface area contributed by atoms with E-state index >= 15 is 0 Å². The first kappa shape index (κ1) is 15.5. The second-order valence-electron chi connectivity index (χ2n) is 6.79. The Kier molecular flexibility index (Phi) is 5.22. The zero-order valence-corrected chi connectivity index (χ0v) is 13.5. The fourth-order valence-corrected chi connectivity index (χ4v) is 2.96. The maximum atomic E-state index is 4.10. The Bertz CT molecular complexity index is 385. The SMILES string of the molecule is CCC(C)C1CN(CCCn2ccnc2)C(C)(C)CN1. The van der Waals surface area contributed by atoms with Gasteiger partial charge in [0, 0.05) is 50.2 Å². The second-order valence-corrected chi connectivity index (χ2v) is 6.79. The first-order valence-electron chi connectivity index (χ1n) is 7.97. The van der Waals surface area contributed by atoms with E-state index in [0.29, 0.717) is 6.04 Å². The molecule has 1 saturated heterocycles. The van der Waals surface area contributed by atoms with Crippen LogP contribution in [0.3, 0.4) is 0 Å². The van der Waals surface area contributed by atoms with Crippen molar-refractivity contribution < 1.29 is 0 Å². The van der Waals surface area contributed by atoms with Gasteiger partial charge >= 0.3 is 0 Å². The molecule has 0 radical (unpaired) electrons. The van der Waals surface area contributed by atoms with E-state index in [1.165, 1.54) is 25.9 Å². The maximum absolute atomic E-state index is 4.10. The predicted octanol–water partition coefficient (Wildman–Crippen LogP) is 2.37. The van der Waals surface area contributed by atoms with Gasteiger partial charge in [0.25, 0.3) is 0 Å². The van der Waals surface area contributed by atoms with Crippen molar-refractivity contribution >= 4 is 0 Å². The largest absolute Gasteiger partial charge is 0.337 e. The molecule has 1 fully saturated rings. The monoisotopic (exact) mass is 278 g/mol.